The number of benzene rings is 1. The van der Waals surface area contributed by atoms with Crippen molar-refractivity contribution in [3.8, 4) is 5.69 Å². The minimum Gasteiger partial charge on any atom is -0.468 e. The molecule has 2 heterocycles. The van der Waals surface area contributed by atoms with E-state index in [0.29, 0.717) is 11.1 Å². The maximum Gasteiger partial charge on any atom is 0.338 e. The number of aryl methyl sites for hydroxylation is 1. The van der Waals surface area contributed by atoms with Gasteiger partial charge in [0.05, 0.1) is 19.3 Å². The molecule has 1 aromatic heterocycles. The molecule has 0 atom stereocenters. The summed E-state index contributed by atoms with van der Waals surface area (Å²) in [6, 6.07) is 8.22. The van der Waals surface area contributed by atoms with Crippen LogP contribution in [0.25, 0.3) is 11.8 Å². The summed E-state index contributed by atoms with van der Waals surface area (Å²) in [5.74, 6) is -1.70. The topological polar surface area (TPSA) is 107 Å². The van der Waals surface area contributed by atoms with Crippen molar-refractivity contribution >= 4 is 30.0 Å². The van der Waals surface area contributed by atoms with Crippen LogP contribution in [0, 0.1) is 13.8 Å². The molecule has 9 heteroatoms. The van der Waals surface area contributed by atoms with Crippen molar-refractivity contribution in [2.45, 2.75) is 20.8 Å². The van der Waals surface area contributed by atoms with E-state index in [4.69, 9.17) is 4.74 Å². The Morgan fingerprint density at radius 3 is 2.58 bits per heavy atom. The third-order valence-electron chi connectivity index (χ3n) is 4.86. The van der Waals surface area contributed by atoms with Crippen LogP contribution in [0.15, 0.2) is 36.0 Å². The molecule has 9 nitrogen and oxygen atoms in total. The van der Waals surface area contributed by atoms with E-state index in [2.05, 4.69) is 10.1 Å². The number of urea groups is 1. The second-order valence-electron chi connectivity index (χ2n) is 6.89. The monoisotopic (exact) mass is 425 g/mol. The number of hydrogen-bond donors (Lipinski definition) is 1. The summed E-state index contributed by atoms with van der Waals surface area (Å²) in [5, 5.41) is 2.49. The van der Waals surface area contributed by atoms with Gasteiger partial charge in [0, 0.05) is 17.1 Å². The number of imide groups is 1. The number of carbonyl (C=O) groups is 4. The van der Waals surface area contributed by atoms with E-state index in [1.165, 1.54) is 7.11 Å². The van der Waals surface area contributed by atoms with Crippen LogP contribution in [0.4, 0.5) is 4.79 Å². The number of carbonyl (C=O) groups excluding carboxylic acids is 4. The van der Waals surface area contributed by atoms with Gasteiger partial charge in [0.2, 0.25) is 0 Å². The number of nitrogens with one attached hydrogen (secondary N) is 1. The molecular formula is C22H23N3O6. The Labute approximate surface area is 179 Å². The fourth-order valence-electron chi connectivity index (χ4n) is 3.38. The standard InChI is InChI=1S/C22H23N3O6/c1-5-31-21(28)15-7-6-8-17(10-15)25-13(2)9-16(14(25)3)11-18-20(27)24(22(29)23-18)12-19(26)30-4/h6-11H,5,12H2,1-4H3,(H,23,29)/b18-11+. The zero-order valence-electron chi connectivity index (χ0n) is 17.7. The van der Waals surface area contributed by atoms with Crippen molar-refractivity contribution in [3.05, 3.63) is 58.5 Å². The van der Waals surface area contributed by atoms with Gasteiger partial charge in [-0.15, -0.1) is 0 Å². The molecule has 0 radical (unpaired) electrons. The van der Waals surface area contributed by atoms with Crippen molar-refractivity contribution in [1.82, 2.24) is 14.8 Å². The predicted molar refractivity (Wildman–Crippen MR) is 111 cm³/mol. The zero-order chi connectivity index (χ0) is 22.7. The highest BCUT2D eigenvalue weighted by Crippen LogP contribution is 2.24. The summed E-state index contributed by atoms with van der Waals surface area (Å²) in [4.78, 5) is 48.9. The number of nitrogens with zero attached hydrogens (tertiary/aromatic N) is 2. The molecule has 3 rings (SSSR count). The van der Waals surface area contributed by atoms with Crippen LogP contribution in [0.2, 0.25) is 0 Å². The molecule has 0 unspecified atom stereocenters. The zero-order valence-corrected chi connectivity index (χ0v) is 17.7. The van der Waals surface area contributed by atoms with Gasteiger partial charge in [-0.25, -0.2) is 14.5 Å². The van der Waals surface area contributed by atoms with Crippen molar-refractivity contribution in [2.75, 3.05) is 20.3 Å². The van der Waals surface area contributed by atoms with E-state index >= 15 is 0 Å². The molecule has 1 aliphatic heterocycles. The molecule has 162 valence electrons. The van der Waals surface area contributed by atoms with Gasteiger partial charge in [-0.3, -0.25) is 9.59 Å². The lowest BCUT2D eigenvalue weighted by Gasteiger charge is -2.11. The number of methoxy groups -OCH3 is 1. The normalized spacial score (nSPS) is 14.7. The molecule has 0 bridgehead atoms. The van der Waals surface area contributed by atoms with Crippen LogP contribution in [-0.4, -0.2) is 53.6 Å². The Kier molecular flexibility index (Phi) is 6.24. The number of ether oxygens (including phenoxy) is 2. The predicted octanol–water partition coefficient (Wildman–Crippen LogP) is 2.34. The quantitative estimate of drug-likeness (QED) is 0.433. The molecule has 1 aliphatic rings. The average molecular weight is 425 g/mol. The maximum absolute atomic E-state index is 12.5. The molecule has 1 fully saturated rings. The third-order valence-corrected chi connectivity index (χ3v) is 4.86. The molecule has 3 amide bonds. The first kappa shape index (κ1) is 21.8. The van der Waals surface area contributed by atoms with Crippen molar-refractivity contribution in [3.63, 3.8) is 0 Å². The molecule has 2 aromatic rings. The number of rotatable bonds is 6. The van der Waals surface area contributed by atoms with Crippen LogP contribution >= 0.6 is 0 Å². The van der Waals surface area contributed by atoms with Crippen LogP contribution in [0.1, 0.15) is 34.2 Å². The molecule has 1 N–H and O–H groups in total. The second kappa shape index (κ2) is 8.86. The van der Waals surface area contributed by atoms with E-state index in [0.717, 1.165) is 22.0 Å². The molecule has 1 saturated heterocycles. The Balaban J connectivity index is 1.93. The van der Waals surface area contributed by atoms with Crippen molar-refractivity contribution in [1.29, 1.82) is 0 Å². The number of amides is 3. The molecule has 0 aliphatic carbocycles. The molecule has 0 spiro atoms. The first-order valence-corrected chi connectivity index (χ1v) is 9.64. The first-order valence-electron chi connectivity index (χ1n) is 9.64. The van der Waals surface area contributed by atoms with E-state index in [1.54, 1.807) is 31.2 Å². The molecule has 0 saturated carbocycles. The molecular weight excluding hydrogens is 402 g/mol. The number of hydrogen-bond acceptors (Lipinski definition) is 6. The highest BCUT2D eigenvalue weighted by atomic mass is 16.5. The van der Waals surface area contributed by atoms with E-state index in [1.807, 2.05) is 30.5 Å². The third kappa shape index (κ3) is 4.35. The first-order chi connectivity index (χ1) is 14.8. The molecule has 31 heavy (non-hydrogen) atoms. The van der Waals surface area contributed by atoms with Crippen molar-refractivity contribution < 1.29 is 28.7 Å². The minimum absolute atomic E-state index is 0.0643. The minimum atomic E-state index is -0.690. The Bertz CT molecular complexity index is 1100. The van der Waals surface area contributed by atoms with Crippen molar-refractivity contribution in [2.24, 2.45) is 0 Å². The van der Waals surface area contributed by atoms with Gasteiger partial charge < -0.3 is 19.4 Å². The van der Waals surface area contributed by atoms with Crippen LogP contribution < -0.4 is 5.32 Å². The SMILES string of the molecule is CCOC(=O)c1cccc(-n2c(C)cc(/C=C3/NC(=O)N(CC(=O)OC)C3=O)c2C)c1. The summed E-state index contributed by atoms with van der Waals surface area (Å²) in [6.45, 7) is 5.33. The van der Waals surface area contributed by atoms with Gasteiger partial charge >= 0.3 is 18.0 Å². The van der Waals surface area contributed by atoms with Gasteiger partial charge in [0.15, 0.2) is 0 Å². The average Bonchev–Trinajstić information content (AvgIpc) is 3.17. The highest BCUT2D eigenvalue weighted by Gasteiger charge is 2.35. The number of esters is 2. The van der Waals surface area contributed by atoms with Crippen LogP contribution in [0.5, 0.6) is 0 Å². The summed E-state index contributed by atoms with van der Waals surface area (Å²) in [6.07, 6.45) is 1.56. The van der Waals surface area contributed by atoms with Gasteiger partial charge in [0.1, 0.15) is 12.2 Å². The van der Waals surface area contributed by atoms with E-state index in [-0.39, 0.29) is 12.3 Å². The summed E-state index contributed by atoms with van der Waals surface area (Å²) in [5.41, 5.74) is 3.65. The van der Waals surface area contributed by atoms with Crippen LogP contribution in [-0.2, 0) is 19.1 Å². The summed E-state index contributed by atoms with van der Waals surface area (Å²) >= 11 is 0. The lowest BCUT2D eigenvalue weighted by Crippen LogP contribution is -2.36. The van der Waals surface area contributed by atoms with E-state index < -0.39 is 30.4 Å². The Hall–Kier alpha value is -3.88. The molecule has 1 aromatic carbocycles. The van der Waals surface area contributed by atoms with Crippen LogP contribution in [0.3, 0.4) is 0 Å². The lowest BCUT2D eigenvalue weighted by molar-refractivity contribution is -0.143. The number of aromatic nitrogens is 1. The van der Waals surface area contributed by atoms with Gasteiger partial charge in [-0.2, -0.15) is 0 Å². The van der Waals surface area contributed by atoms with Gasteiger partial charge in [-0.05, 0) is 56.7 Å². The Morgan fingerprint density at radius 2 is 1.90 bits per heavy atom. The second-order valence-corrected chi connectivity index (χ2v) is 6.89. The lowest BCUT2D eigenvalue weighted by atomic mass is 10.2. The summed E-state index contributed by atoms with van der Waals surface area (Å²) < 4.78 is 11.5. The van der Waals surface area contributed by atoms with E-state index in [9.17, 15) is 19.2 Å². The maximum atomic E-state index is 12.5. The fraction of sp³-hybridized carbons (Fsp3) is 0.273. The highest BCUT2D eigenvalue weighted by molar-refractivity contribution is 6.15. The smallest absolute Gasteiger partial charge is 0.338 e. The Morgan fingerprint density at radius 1 is 1.16 bits per heavy atom. The van der Waals surface area contributed by atoms with Gasteiger partial charge in [-0.1, -0.05) is 6.07 Å². The largest absolute Gasteiger partial charge is 0.468 e. The summed E-state index contributed by atoms with van der Waals surface area (Å²) in [7, 11) is 1.18. The van der Waals surface area contributed by atoms with Gasteiger partial charge in [0.25, 0.3) is 5.91 Å². The fourth-order valence-corrected chi connectivity index (χ4v) is 3.38.